The summed E-state index contributed by atoms with van der Waals surface area (Å²) in [6, 6.07) is 11.7. The highest BCUT2D eigenvalue weighted by atomic mass is 32.2. The van der Waals surface area contributed by atoms with Gasteiger partial charge in [0.15, 0.2) is 5.78 Å². The molecule has 0 radical (unpaired) electrons. The van der Waals surface area contributed by atoms with Crippen LogP contribution in [0, 0.1) is 5.41 Å². The van der Waals surface area contributed by atoms with Gasteiger partial charge in [-0.15, -0.1) is 0 Å². The number of hydrogen-bond acceptors (Lipinski definition) is 8. The lowest BCUT2D eigenvalue weighted by molar-refractivity contribution is -0.113. The maximum atomic E-state index is 13.0. The quantitative estimate of drug-likeness (QED) is 0.254. The Balaban J connectivity index is 2.24. The monoisotopic (exact) mass is 460 g/mol. The number of anilines is 1. The van der Waals surface area contributed by atoms with Crippen molar-refractivity contribution in [3.05, 3.63) is 65.4 Å². The second-order valence-corrected chi connectivity index (χ2v) is 8.75. The minimum atomic E-state index is -3.98. The van der Waals surface area contributed by atoms with Crippen LogP contribution in [0.15, 0.2) is 64.8 Å². The normalized spacial score (nSPS) is 11.9. The fourth-order valence-corrected chi connectivity index (χ4v) is 4.09. The van der Waals surface area contributed by atoms with E-state index in [4.69, 9.17) is 14.9 Å². The Bertz CT molecular complexity index is 1150. The van der Waals surface area contributed by atoms with Gasteiger partial charge >= 0.3 is 5.97 Å². The molecular weight excluding hydrogens is 436 g/mol. The summed E-state index contributed by atoms with van der Waals surface area (Å²) in [5.74, 6) is -1.42. The van der Waals surface area contributed by atoms with Crippen LogP contribution < -0.4 is 9.04 Å². The standard InChI is InChI=1S/C22H24N2O7S/c1-14(23)21(15(2)25)20(26)13-31-22(27)16-6-5-7-19(12-16)32(28,29)24(3)17-8-10-18(30-4)11-9-17/h5-12,23,26H,13H2,1-4H3/b21-20-,23-14?. The molecule has 0 fully saturated rings. The molecule has 170 valence electrons. The lowest BCUT2D eigenvalue weighted by atomic mass is 10.1. The number of esters is 1. The van der Waals surface area contributed by atoms with Gasteiger partial charge in [-0.25, -0.2) is 13.2 Å². The first-order valence-corrected chi connectivity index (χ1v) is 10.8. The Morgan fingerprint density at radius 3 is 2.25 bits per heavy atom. The summed E-state index contributed by atoms with van der Waals surface area (Å²) in [4.78, 5) is 23.8. The molecule has 0 aromatic heterocycles. The van der Waals surface area contributed by atoms with Crippen LogP contribution in [0.4, 0.5) is 5.69 Å². The van der Waals surface area contributed by atoms with E-state index < -0.39 is 34.1 Å². The first-order chi connectivity index (χ1) is 15.0. The molecule has 2 rings (SSSR count). The van der Waals surface area contributed by atoms with E-state index in [-0.39, 0.29) is 21.7 Å². The predicted octanol–water partition coefficient (Wildman–Crippen LogP) is 3.12. The minimum Gasteiger partial charge on any atom is -0.508 e. The number of allylic oxidation sites excluding steroid dienone is 1. The molecule has 0 aliphatic heterocycles. The first-order valence-electron chi connectivity index (χ1n) is 9.37. The van der Waals surface area contributed by atoms with Crippen molar-refractivity contribution < 1.29 is 32.6 Å². The molecule has 32 heavy (non-hydrogen) atoms. The molecule has 2 N–H and O–H groups in total. The third-order valence-corrected chi connectivity index (χ3v) is 6.30. The number of hydrogen-bond donors (Lipinski definition) is 2. The fourth-order valence-electron chi connectivity index (χ4n) is 2.85. The molecule has 0 bridgehead atoms. The van der Waals surface area contributed by atoms with Crippen LogP contribution in [0.3, 0.4) is 0 Å². The van der Waals surface area contributed by atoms with Crippen LogP contribution in [-0.4, -0.2) is 51.8 Å². The van der Waals surface area contributed by atoms with Crippen molar-refractivity contribution >= 4 is 33.2 Å². The highest BCUT2D eigenvalue weighted by molar-refractivity contribution is 7.92. The van der Waals surface area contributed by atoms with Crippen LogP contribution in [-0.2, 0) is 19.6 Å². The van der Waals surface area contributed by atoms with Crippen LogP contribution in [0.25, 0.3) is 0 Å². The van der Waals surface area contributed by atoms with Crippen molar-refractivity contribution in [3.63, 3.8) is 0 Å². The number of nitrogens with zero attached hydrogens (tertiary/aromatic N) is 1. The molecule has 0 aliphatic carbocycles. The van der Waals surface area contributed by atoms with Crippen molar-refractivity contribution in [1.29, 1.82) is 5.41 Å². The molecule has 2 aromatic carbocycles. The number of rotatable bonds is 9. The number of carbonyl (C=O) groups is 2. The zero-order valence-electron chi connectivity index (χ0n) is 18.1. The third kappa shape index (κ3) is 5.52. The number of sulfonamides is 1. The van der Waals surface area contributed by atoms with Crippen LogP contribution >= 0.6 is 0 Å². The van der Waals surface area contributed by atoms with E-state index in [1.807, 2.05) is 0 Å². The lowest BCUT2D eigenvalue weighted by Crippen LogP contribution is -2.26. The fraction of sp³-hybridized carbons (Fsp3) is 0.227. The average Bonchev–Trinajstić information content (AvgIpc) is 2.76. The van der Waals surface area contributed by atoms with Gasteiger partial charge in [-0.3, -0.25) is 9.10 Å². The van der Waals surface area contributed by atoms with Gasteiger partial charge in [0.25, 0.3) is 10.0 Å². The van der Waals surface area contributed by atoms with Crippen molar-refractivity contribution in [2.75, 3.05) is 25.1 Å². The predicted molar refractivity (Wildman–Crippen MR) is 119 cm³/mol. The summed E-state index contributed by atoms with van der Waals surface area (Å²) >= 11 is 0. The largest absolute Gasteiger partial charge is 0.508 e. The van der Waals surface area contributed by atoms with Gasteiger partial charge in [-0.2, -0.15) is 0 Å². The van der Waals surface area contributed by atoms with Crippen molar-refractivity contribution in [1.82, 2.24) is 0 Å². The zero-order valence-corrected chi connectivity index (χ0v) is 18.9. The summed E-state index contributed by atoms with van der Waals surface area (Å²) in [7, 11) is -1.10. The Kier molecular flexibility index (Phi) is 7.77. The number of carbonyl (C=O) groups excluding carboxylic acids is 2. The summed E-state index contributed by atoms with van der Waals surface area (Å²) < 4.78 is 37.1. The molecule has 0 unspecified atom stereocenters. The van der Waals surface area contributed by atoms with E-state index >= 15 is 0 Å². The number of methoxy groups -OCH3 is 1. The molecule has 0 saturated heterocycles. The van der Waals surface area contributed by atoms with Crippen molar-refractivity contribution in [2.45, 2.75) is 18.7 Å². The highest BCUT2D eigenvalue weighted by Gasteiger charge is 2.23. The first kappa shape index (κ1) is 24.6. The van der Waals surface area contributed by atoms with Crippen LogP contribution in [0.1, 0.15) is 24.2 Å². The minimum absolute atomic E-state index is 0.0574. The second-order valence-electron chi connectivity index (χ2n) is 6.78. The van der Waals surface area contributed by atoms with Gasteiger partial charge in [0.05, 0.1) is 28.8 Å². The molecule has 2 aromatic rings. The van der Waals surface area contributed by atoms with Gasteiger partial charge in [-0.05, 0) is 56.3 Å². The van der Waals surface area contributed by atoms with Gasteiger partial charge in [0, 0.05) is 12.8 Å². The molecule has 0 atom stereocenters. The molecular formula is C22H24N2O7S. The van der Waals surface area contributed by atoms with Gasteiger partial charge < -0.3 is 20.0 Å². The summed E-state index contributed by atoms with van der Waals surface area (Å²) in [6.45, 7) is 1.87. The van der Waals surface area contributed by atoms with E-state index in [0.717, 1.165) is 10.4 Å². The maximum Gasteiger partial charge on any atom is 0.338 e. The van der Waals surface area contributed by atoms with E-state index in [1.165, 1.54) is 46.2 Å². The molecule has 0 aliphatic rings. The maximum absolute atomic E-state index is 13.0. The molecule has 0 amide bonds. The molecule has 0 spiro atoms. The Labute approximate surface area is 186 Å². The summed E-state index contributed by atoms with van der Waals surface area (Å²) in [6.07, 6.45) is 0. The van der Waals surface area contributed by atoms with E-state index in [9.17, 15) is 23.1 Å². The van der Waals surface area contributed by atoms with Crippen molar-refractivity contribution in [2.24, 2.45) is 0 Å². The lowest BCUT2D eigenvalue weighted by Gasteiger charge is -2.20. The van der Waals surface area contributed by atoms with E-state index in [0.29, 0.717) is 11.4 Å². The molecule has 0 saturated carbocycles. The topological polar surface area (TPSA) is 134 Å². The average molecular weight is 461 g/mol. The summed E-state index contributed by atoms with van der Waals surface area (Å²) in [5.41, 5.74) is -0.0680. The molecule has 9 nitrogen and oxygen atoms in total. The van der Waals surface area contributed by atoms with Crippen molar-refractivity contribution in [3.8, 4) is 5.75 Å². The van der Waals surface area contributed by atoms with E-state index in [1.54, 1.807) is 24.3 Å². The van der Waals surface area contributed by atoms with E-state index in [2.05, 4.69) is 0 Å². The number of aliphatic hydroxyl groups is 1. The summed E-state index contributed by atoms with van der Waals surface area (Å²) in [5, 5.41) is 17.5. The van der Waals surface area contributed by atoms with Gasteiger partial charge in [0.2, 0.25) is 0 Å². The Morgan fingerprint density at radius 1 is 1.09 bits per heavy atom. The Hall–Kier alpha value is -3.66. The van der Waals surface area contributed by atoms with Gasteiger partial charge in [0.1, 0.15) is 18.1 Å². The number of benzene rings is 2. The highest BCUT2D eigenvalue weighted by Crippen LogP contribution is 2.25. The van der Waals surface area contributed by atoms with Gasteiger partial charge in [-0.1, -0.05) is 6.07 Å². The SMILES string of the molecule is COc1ccc(N(C)S(=O)(=O)c2cccc(C(=O)OC/C(O)=C(\C(C)=N)C(C)=O)c2)cc1. The second kappa shape index (κ2) is 10.1. The smallest absolute Gasteiger partial charge is 0.338 e. The number of aliphatic hydroxyl groups excluding tert-OH is 1. The van der Waals surface area contributed by atoms with Crippen LogP contribution in [0.2, 0.25) is 0 Å². The molecule has 0 heterocycles. The Morgan fingerprint density at radius 2 is 1.72 bits per heavy atom. The van der Waals surface area contributed by atoms with Crippen LogP contribution in [0.5, 0.6) is 5.75 Å². The third-order valence-electron chi connectivity index (χ3n) is 4.52. The number of nitrogens with one attached hydrogen (secondary N) is 1. The molecule has 10 heteroatoms. The number of Topliss-reactive ketones (excluding diaryl/α,β-unsaturated/α-hetero) is 1. The number of ether oxygens (including phenoxy) is 2. The zero-order chi connectivity index (χ0) is 24.1. The number of ketones is 1.